The molecule has 0 atom stereocenters. The average molecular weight is 410 g/mol. The predicted molar refractivity (Wildman–Crippen MR) is 103 cm³/mol. The fourth-order valence-corrected chi connectivity index (χ4v) is 3.30. The average Bonchev–Trinajstić information content (AvgIpc) is 2.63. The largest absolute Gasteiger partial charge is 0.493 e. The van der Waals surface area contributed by atoms with Gasteiger partial charge < -0.3 is 25.2 Å². The quantitative estimate of drug-likeness (QED) is 0.150. The summed E-state index contributed by atoms with van der Waals surface area (Å²) in [5.41, 5.74) is 12.9. The monoisotopic (exact) mass is 410 g/mol. The van der Waals surface area contributed by atoms with Gasteiger partial charge in [-0.05, 0) is 41.9 Å². The molecule has 0 heterocycles. The Bertz CT molecular complexity index is 929. The van der Waals surface area contributed by atoms with E-state index in [0.29, 0.717) is 18.8 Å². The van der Waals surface area contributed by atoms with E-state index in [9.17, 15) is 8.42 Å². The molecule has 0 saturated carbocycles. The molecule has 0 bridgehead atoms. The van der Waals surface area contributed by atoms with Crippen molar-refractivity contribution >= 4 is 21.8 Å². The molecule has 0 aliphatic heterocycles. The number of guanidine groups is 1. The second-order valence-corrected chi connectivity index (χ2v) is 7.19. The highest BCUT2D eigenvalue weighted by Crippen LogP contribution is 2.28. The second kappa shape index (κ2) is 9.67. The maximum atomic E-state index is 12.5. The summed E-state index contributed by atoms with van der Waals surface area (Å²) in [6.45, 7) is 2.33. The van der Waals surface area contributed by atoms with Crippen LogP contribution in [-0.4, -0.2) is 32.8 Å². The number of hydrogen-bond donors (Lipinski definition) is 4. The number of nitrogens with zero attached hydrogens (tertiary/aromatic N) is 1. The fourth-order valence-electron chi connectivity index (χ4n) is 2.23. The molecule has 0 amide bonds. The molecule has 28 heavy (non-hydrogen) atoms. The number of anilines is 1. The molecule has 2 aromatic rings. The lowest BCUT2D eigenvalue weighted by atomic mass is 10.2. The van der Waals surface area contributed by atoms with E-state index < -0.39 is 10.1 Å². The Hall–Kier alpha value is -3.18. The highest BCUT2D eigenvalue weighted by atomic mass is 32.2. The van der Waals surface area contributed by atoms with E-state index in [2.05, 4.69) is 5.16 Å². The number of nitrogens with two attached hydrogens (primary N) is 2. The van der Waals surface area contributed by atoms with Crippen molar-refractivity contribution in [2.75, 3.05) is 18.7 Å². The molecule has 0 unspecified atom stereocenters. The van der Waals surface area contributed by atoms with Gasteiger partial charge in [-0.25, -0.2) is 0 Å². The smallest absolute Gasteiger partial charge is 0.341 e. The van der Waals surface area contributed by atoms with Crippen molar-refractivity contribution in [3.63, 3.8) is 0 Å². The van der Waals surface area contributed by atoms with Gasteiger partial charge in [0.05, 0.1) is 12.3 Å². The van der Waals surface area contributed by atoms with Crippen LogP contribution in [0.15, 0.2) is 52.5 Å². The standard InChI is InChI=1S/C17H22N4O6S/c1-12-9-13(25-7-4-8-26-21-17(18)19)11-14(10-12)27-28(23,24)16-6-3-2-5-15(16)20-22/h2-3,5-6,9-11,20,22H,4,7-8H2,1H3,(H4,18,19,21). The number of hydrogen-bond acceptors (Lipinski definition) is 8. The number of para-hydroxylation sites is 1. The zero-order valence-corrected chi connectivity index (χ0v) is 16.0. The number of oxime groups is 1. The van der Waals surface area contributed by atoms with Gasteiger partial charge in [0, 0.05) is 12.5 Å². The van der Waals surface area contributed by atoms with E-state index in [4.69, 9.17) is 30.4 Å². The van der Waals surface area contributed by atoms with Crippen molar-refractivity contribution in [3.05, 3.63) is 48.0 Å². The summed E-state index contributed by atoms with van der Waals surface area (Å²) in [5.74, 6) is 0.348. The molecule has 0 saturated heterocycles. The van der Waals surface area contributed by atoms with Gasteiger partial charge in [0.25, 0.3) is 0 Å². The minimum Gasteiger partial charge on any atom is -0.493 e. The van der Waals surface area contributed by atoms with Crippen molar-refractivity contribution in [1.82, 2.24) is 0 Å². The maximum absolute atomic E-state index is 12.5. The van der Waals surface area contributed by atoms with E-state index in [1.807, 2.05) is 5.48 Å². The zero-order chi connectivity index (χ0) is 20.6. The fraction of sp³-hybridized carbons (Fsp3) is 0.235. The van der Waals surface area contributed by atoms with Crippen molar-refractivity contribution < 1.29 is 27.4 Å². The molecule has 0 aliphatic rings. The summed E-state index contributed by atoms with van der Waals surface area (Å²) in [6.07, 6.45) is 0.509. The van der Waals surface area contributed by atoms with Crippen LogP contribution in [0.1, 0.15) is 12.0 Å². The molecular weight excluding hydrogens is 388 g/mol. The van der Waals surface area contributed by atoms with Crippen LogP contribution < -0.4 is 25.9 Å². The number of nitrogens with one attached hydrogen (secondary N) is 1. The summed E-state index contributed by atoms with van der Waals surface area (Å²) in [5, 5.41) is 12.5. The van der Waals surface area contributed by atoms with E-state index in [1.165, 1.54) is 24.3 Å². The molecule has 2 rings (SSSR count). The third-order valence-corrected chi connectivity index (χ3v) is 4.63. The Morgan fingerprint density at radius 1 is 1.14 bits per heavy atom. The third-order valence-electron chi connectivity index (χ3n) is 3.33. The third kappa shape index (κ3) is 6.21. The number of ether oxygens (including phenoxy) is 1. The van der Waals surface area contributed by atoms with E-state index in [-0.39, 0.29) is 28.9 Å². The van der Waals surface area contributed by atoms with Crippen molar-refractivity contribution in [3.8, 4) is 11.5 Å². The molecule has 0 fully saturated rings. The van der Waals surface area contributed by atoms with Gasteiger partial charge in [-0.15, -0.1) is 0 Å². The highest BCUT2D eigenvalue weighted by Gasteiger charge is 2.21. The summed E-state index contributed by atoms with van der Waals surface area (Å²) < 4.78 is 35.8. The van der Waals surface area contributed by atoms with Gasteiger partial charge in [-0.3, -0.25) is 10.7 Å². The van der Waals surface area contributed by atoms with Crippen molar-refractivity contribution in [2.24, 2.45) is 16.6 Å². The number of rotatable bonds is 10. The minimum absolute atomic E-state index is 0.00685. The van der Waals surface area contributed by atoms with Crippen LogP contribution in [0.25, 0.3) is 0 Å². The van der Waals surface area contributed by atoms with Crippen molar-refractivity contribution in [2.45, 2.75) is 18.2 Å². The summed E-state index contributed by atoms with van der Waals surface area (Å²) in [7, 11) is -4.17. The lowest BCUT2D eigenvalue weighted by Crippen LogP contribution is -2.23. The lowest BCUT2D eigenvalue weighted by Gasteiger charge is -2.12. The first kappa shape index (κ1) is 21.1. The Balaban J connectivity index is 2.05. The molecule has 11 heteroatoms. The first-order valence-corrected chi connectivity index (χ1v) is 9.61. The molecule has 2 aromatic carbocycles. The second-order valence-electron chi connectivity index (χ2n) is 5.68. The molecular formula is C17H22N4O6S. The van der Waals surface area contributed by atoms with Crippen LogP contribution in [0.3, 0.4) is 0 Å². The highest BCUT2D eigenvalue weighted by molar-refractivity contribution is 7.87. The SMILES string of the molecule is Cc1cc(OCCCON=C(N)N)cc(OS(=O)(=O)c2ccccc2NO)c1. The zero-order valence-electron chi connectivity index (χ0n) is 15.2. The molecule has 0 spiro atoms. The van der Waals surface area contributed by atoms with Crippen LogP contribution in [0.5, 0.6) is 11.5 Å². The molecule has 0 radical (unpaired) electrons. The molecule has 6 N–H and O–H groups in total. The Morgan fingerprint density at radius 2 is 1.86 bits per heavy atom. The van der Waals surface area contributed by atoms with Gasteiger partial charge in [0.15, 0.2) is 0 Å². The van der Waals surface area contributed by atoms with Crippen LogP contribution >= 0.6 is 0 Å². The van der Waals surface area contributed by atoms with Crippen molar-refractivity contribution in [1.29, 1.82) is 0 Å². The Kier molecular flexibility index (Phi) is 7.29. The first-order valence-electron chi connectivity index (χ1n) is 8.21. The maximum Gasteiger partial charge on any atom is 0.341 e. The molecule has 0 aliphatic carbocycles. The van der Waals surface area contributed by atoms with Gasteiger partial charge in [-0.2, -0.15) is 8.42 Å². The van der Waals surface area contributed by atoms with Crippen LogP contribution in [0.2, 0.25) is 0 Å². The van der Waals surface area contributed by atoms with Crippen LogP contribution in [-0.2, 0) is 15.0 Å². The minimum atomic E-state index is -4.17. The van der Waals surface area contributed by atoms with Gasteiger partial charge in [0.2, 0.25) is 5.96 Å². The topological polar surface area (TPSA) is 158 Å². The molecule has 0 aromatic heterocycles. The predicted octanol–water partition coefficient (Wildman–Crippen LogP) is 1.54. The van der Waals surface area contributed by atoms with Gasteiger partial charge >= 0.3 is 10.1 Å². The summed E-state index contributed by atoms with van der Waals surface area (Å²) in [6, 6.07) is 10.6. The lowest BCUT2D eigenvalue weighted by molar-refractivity contribution is 0.127. The van der Waals surface area contributed by atoms with Crippen LogP contribution in [0.4, 0.5) is 5.69 Å². The van der Waals surface area contributed by atoms with Crippen LogP contribution in [0, 0.1) is 6.92 Å². The van der Waals surface area contributed by atoms with E-state index in [1.54, 1.807) is 25.1 Å². The van der Waals surface area contributed by atoms with E-state index in [0.717, 1.165) is 5.56 Å². The van der Waals surface area contributed by atoms with Gasteiger partial charge in [0.1, 0.15) is 23.0 Å². The molecule has 152 valence electrons. The summed E-state index contributed by atoms with van der Waals surface area (Å²) >= 11 is 0. The Labute approximate surface area is 162 Å². The van der Waals surface area contributed by atoms with E-state index >= 15 is 0 Å². The molecule has 10 nitrogen and oxygen atoms in total. The summed E-state index contributed by atoms with van der Waals surface area (Å²) in [4.78, 5) is 4.65. The number of aryl methyl sites for hydroxylation is 1. The normalized spacial score (nSPS) is 10.8. The Morgan fingerprint density at radius 3 is 2.57 bits per heavy atom. The first-order chi connectivity index (χ1) is 13.3. The van der Waals surface area contributed by atoms with Gasteiger partial charge in [-0.1, -0.05) is 12.1 Å². The number of benzene rings is 2.